The number of aliphatic carboxylic acids is 1. The van der Waals surface area contributed by atoms with E-state index >= 15 is 0 Å². The molecule has 2 rings (SSSR count). The summed E-state index contributed by atoms with van der Waals surface area (Å²) in [6.45, 7) is 1.80. The highest BCUT2D eigenvalue weighted by molar-refractivity contribution is 5.96. The number of hydrogen-bond donors (Lipinski definition) is 2. The van der Waals surface area contributed by atoms with Crippen LogP contribution in [0.15, 0.2) is 18.2 Å². The van der Waals surface area contributed by atoms with E-state index in [4.69, 9.17) is 5.26 Å². The fourth-order valence-corrected chi connectivity index (χ4v) is 2.89. The van der Waals surface area contributed by atoms with E-state index in [1.165, 1.54) is 0 Å². The molecule has 0 aliphatic heterocycles. The number of carbonyl (C=O) groups is 2. The van der Waals surface area contributed by atoms with E-state index in [1.807, 2.05) is 0 Å². The highest BCUT2D eigenvalue weighted by Crippen LogP contribution is 2.31. The van der Waals surface area contributed by atoms with E-state index in [2.05, 4.69) is 11.4 Å². The molecule has 0 saturated heterocycles. The van der Waals surface area contributed by atoms with Gasteiger partial charge in [0.25, 0.3) is 0 Å². The van der Waals surface area contributed by atoms with Gasteiger partial charge in [0.15, 0.2) is 0 Å². The van der Waals surface area contributed by atoms with Crippen LogP contribution in [0.2, 0.25) is 0 Å². The Kier molecular flexibility index (Phi) is 4.59. The summed E-state index contributed by atoms with van der Waals surface area (Å²) in [7, 11) is 0. The van der Waals surface area contributed by atoms with Crippen molar-refractivity contribution in [3.8, 4) is 6.07 Å². The van der Waals surface area contributed by atoms with E-state index in [0.29, 0.717) is 24.1 Å². The van der Waals surface area contributed by atoms with Crippen molar-refractivity contribution in [2.75, 3.05) is 5.32 Å². The average Bonchev–Trinajstić information content (AvgIpc) is 2.47. The lowest BCUT2D eigenvalue weighted by Gasteiger charge is -2.27. The van der Waals surface area contributed by atoms with Gasteiger partial charge >= 0.3 is 5.97 Å². The van der Waals surface area contributed by atoms with Crippen LogP contribution in [0.3, 0.4) is 0 Å². The Morgan fingerprint density at radius 3 is 2.57 bits per heavy atom. The summed E-state index contributed by atoms with van der Waals surface area (Å²) in [5, 5.41) is 21.1. The summed E-state index contributed by atoms with van der Waals surface area (Å²) >= 11 is 0. The third-order valence-corrected chi connectivity index (χ3v) is 4.06. The quantitative estimate of drug-likeness (QED) is 0.893. The van der Waals surface area contributed by atoms with Crippen molar-refractivity contribution in [2.45, 2.75) is 32.6 Å². The minimum Gasteiger partial charge on any atom is -0.481 e. The summed E-state index contributed by atoms with van der Waals surface area (Å²) in [5.41, 5.74) is 1.67. The summed E-state index contributed by atoms with van der Waals surface area (Å²) in [4.78, 5) is 23.6. The number of rotatable bonds is 3. The van der Waals surface area contributed by atoms with Gasteiger partial charge in [-0.05, 0) is 31.4 Å². The fraction of sp³-hybridized carbons (Fsp3) is 0.438. The first kappa shape index (κ1) is 15.0. The van der Waals surface area contributed by atoms with Crippen molar-refractivity contribution in [3.63, 3.8) is 0 Å². The van der Waals surface area contributed by atoms with Crippen LogP contribution in [0, 0.1) is 30.1 Å². The maximum absolute atomic E-state index is 12.4. The van der Waals surface area contributed by atoms with Gasteiger partial charge in [0, 0.05) is 0 Å². The lowest BCUT2D eigenvalue weighted by Crippen LogP contribution is -2.36. The van der Waals surface area contributed by atoms with Gasteiger partial charge in [-0.1, -0.05) is 25.0 Å². The Morgan fingerprint density at radius 2 is 1.95 bits per heavy atom. The highest BCUT2D eigenvalue weighted by Gasteiger charge is 2.35. The molecular weight excluding hydrogens is 268 g/mol. The topological polar surface area (TPSA) is 90.2 Å². The molecule has 1 aromatic carbocycles. The third kappa shape index (κ3) is 3.22. The van der Waals surface area contributed by atoms with E-state index in [1.54, 1.807) is 25.1 Å². The predicted molar refractivity (Wildman–Crippen MR) is 77.6 cm³/mol. The Labute approximate surface area is 123 Å². The zero-order chi connectivity index (χ0) is 15.4. The number of benzene rings is 1. The van der Waals surface area contributed by atoms with Gasteiger partial charge in [-0.15, -0.1) is 0 Å². The number of carboxylic acid groups (broad SMARTS) is 1. The second kappa shape index (κ2) is 6.40. The number of hydrogen-bond acceptors (Lipinski definition) is 3. The van der Waals surface area contributed by atoms with Crippen molar-refractivity contribution in [1.29, 1.82) is 5.26 Å². The van der Waals surface area contributed by atoms with Gasteiger partial charge in [0.2, 0.25) is 5.91 Å². The normalized spacial score (nSPS) is 21.3. The zero-order valence-corrected chi connectivity index (χ0v) is 11.9. The molecular formula is C16H18N2O3. The highest BCUT2D eigenvalue weighted by atomic mass is 16.4. The number of nitrogens with zero attached hydrogens (tertiary/aromatic N) is 1. The molecule has 1 aliphatic carbocycles. The van der Waals surface area contributed by atoms with Crippen molar-refractivity contribution in [3.05, 3.63) is 29.3 Å². The molecule has 1 aliphatic rings. The van der Waals surface area contributed by atoms with Crippen LogP contribution in [-0.2, 0) is 9.59 Å². The molecule has 2 N–H and O–H groups in total. The van der Waals surface area contributed by atoms with Gasteiger partial charge in [-0.25, -0.2) is 0 Å². The van der Waals surface area contributed by atoms with Crippen LogP contribution in [0.5, 0.6) is 0 Å². The molecule has 0 spiro atoms. The predicted octanol–water partition coefficient (Wildman–Crippen LogP) is 2.70. The molecule has 2 unspecified atom stereocenters. The third-order valence-electron chi connectivity index (χ3n) is 4.06. The van der Waals surface area contributed by atoms with Gasteiger partial charge in [0.1, 0.15) is 6.07 Å². The number of nitriles is 1. The zero-order valence-electron chi connectivity index (χ0n) is 11.9. The second-order valence-corrected chi connectivity index (χ2v) is 5.43. The molecule has 5 nitrogen and oxygen atoms in total. The van der Waals surface area contributed by atoms with E-state index in [-0.39, 0.29) is 5.91 Å². The summed E-state index contributed by atoms with van der Waals surface area (Å²) in [6, 6.07) is 7.31. The molecule has 1 saturated carbocycles. The lowest BCUT2D eigenvalue weighted by atomic mass is 9.78. The van der Waals surface area contributed by atoms with Gasteiger partial charge < -0.3 is 10.4 Å². The Morgan fingerprint density at radius 1 is 1.29 bits per heavy atom. The van der Waals surface area contributed by atoms with Crippen LogP contribution in [0.25, 0.3) is 0 Å². The Bertz CT molecular complexity index is 604. The van der Waals surface area contributed by atoms with E-state index < -0.39 is 17.8 Å². The molecule has 0 bridgehead atoms. The summed E-state index contributed by atoms with van der Waals surface area (Å²) < 4.78 is 0. The van der Waals surface area contributed by atoms with Crippen molar-refractivity contribution >= 4 is 17.6 Å². The van der Waals surface area contributed by atoms with Crippen molar-refractivity contribution in [1.82, 2.24) is 0 Å². The van der Waals surface area contributed by atoms with Crippen LogP contribution in [-0.4, -0.2) is 17.0 Å². The first-order chi connectivity index (χ1) is 10.0. The molecule has 0 radical (unpaired) electrons. The molecule has 0 heterocycles. The molecule has 110 valence electrons. The van der Waals surface area contributed by atoms with Crippen molar-refractivity contribution in [2.24, 2.45) is 11.8 Å². The van der Waals surface area contributed by atoms with Gasteiger partial charge in [0.05, 0.1) is 23.1 Å². The number of anilines is 1. The largest absolute Gasteiger partial charge is 0.481 e. The van der Waals surface area contributed by atoms with Crippen LogP contribution in [0.1, 0.15) is 36.8 Å². The Hall–Kier alpha value is -2.35. The maximum Gasteiger partial charge on any atom is 0.307 e. The number of carbonyl (C=O) groups excluding carboxylic acids is 1. The van der Waals surface area contributed by atoms with Crippen LogP contribution in [0.4, 0.5) is 5.69 Å². The average molecular weight is 286 g/mol. The van der Waals surface area contributed by atoms with Crippen LogP contribution >= 0.6 is 0 Å². The van der Waals surface area contributed by atoms with E-state index in [9.17, 15) is 14.7 Å². The smallest absolute Gasteiger partial charge is 0.307 e. The molecule has 1 aromatic rings. The molecule has 1 fully saturated rings. The molecule has 21 heavy (non-hydrogen) atoms. The molecule has 2 atom stereocenters. The monoisotopic (exact) mass is 286 g/mol. The minimum absolute atomic E-state index is 0.302. The summed E-state index contributed by atoms with van der Waals surface area (Å²) in [6.07, 6.45) is 2.82. The lowest BCUT2D eigenvalue weighted by molar-refractivity contribution is -0.147. The fourth-order valence-electron chi connectivity index (χ4n) is 2.89. The summed E-state index contributed by atoms with van der Waals surface area (Å²) in [5.74, 6) is -2.37. The first-order valence-electron chi connectivity index (χ1n) is 7.08. The molecule has 1 amide bonds. The Balaban J connectivity index is 2.20. The standard InChI is InChI=1S/C16H18N2O3/c1-10-5-4-8-14(13(10)9-17)18-15(19)11-6-2-3-7-12(11)16(20)21/h4-5,8,11-12H,2-3,6-7H2,1H3,(H,18,19)(H,20,21). The van der Waals surface area contributed by atoms with Crippen LogP contribution < -0.4 is 5.32 Å². The van der Waals surface area contributed by atoms with Crippen molar-refractivity contribution < 1.29 is 14.7 Å². The SMILES string of the molecule is Cc1cccc(NC(=O)C2CCCCC2C(=O)O)c1C#N. The molecule has 5 heteroatoms. The number of aryl methyl sites for hydroxylation is 1. The first-order valence-corrected chi connectivity index (χ1v) is 7.08. The van der Waals surface area contributed by atoms with Gasteiger partial charge in [-0.3, -0.25) is 9.59 Å². The van der Waals surface area contributed by atoms with Gasteiger partial charge in [-0.2, -0.15) is 5.26 Å². The minimum atomic E-state index is -0.917. The molecule has 0 aromatic heterocycles. The number of carboxylic acids is 1. The second-order valence-electron chi connectivity index (χ2n) is 5.43. The number of nitrogens with one attached hydrogen (secondary N) is 1. The number of amides is 1. The maximum atomic E-state index is 12.4. The van der Waals surface area contributed by atoms with E-state index in [0.717, 1.165) is 18.4 Å².